The van der Waals surface area contributed by atoms with E-state index in [-0.39, 0.29) is 35.5 Å². The van der Waals surface area contributed by atoms with Crippen LogP contribution in [0.15, 0.2) is 34.9 Å². The van der Waals surface area contributed by atoms with Crippen molar-refractivity contribution in [2.75, 3.05) is 20.6 Å². The van der Waals surface area contributed by atoms with Gasteiger partial charge in [-0.05, 0) is 51.9 Å². The fourth-order valence-corrected chi connectivity index (χ4v) is 3.88. The van der Waals surface area contributed by atoms with Crippen molar-refractivity contribution in [3.8, 4) is 22.8 Å². The van der Waals surface area contributed by atoms with Crippen molar-refractivity contribution in [2.45, 2.75) is 72.0 Å². The molecule has 2 aromatic heterocycles. The van der Waals surface area contributed by atoms with Crippen molar-refractivity contribution in [1.29, 1.82) is 0 Å². The van der Waals surface area contributed by atoms with Crippen molar-refractivity contribution in [3.63, 3.8) is 0 Å². The largest absolute Gasteiger partial charge is 0.431 e. The van der Waals surface area contributed by atoms with Crippen LogP contribution in [-0.2, 0) is 6.54 Å². The molecule has 10 heteroatoms. The lowest BCUT2D eigenvalue weighted by atomic mass is 10.1. The van der Waals surface area contributed by atoms with Gasteiger partial charge < -0.3 is 20.0 Å². The molecule has 0 unspecified atom stereocenters. The van der Waals surface area contributed by atoms with E-state index in [2.05, 4.69) is 25.7 Å². The first-order chi connectivity index (χ1) is 17.8. The number of amides is 2. The summed E-state index contributed by atoms with van der Waals surface area (Å²) in [5, 5.41) is 10.7. The number of hydrogen-bond donors (Lipinski definition) is 2. The van der Waals surface area contributed by atoms with Gasteiger partial charge in [0.25, 0.3) is 11.8 Å². The lowest BCUT2D eigenvalue weighted by molar-refractivity contribution is 0.0903. The normalized spacial score (nSPS) is 11.5. The van der Waals surface area contributed by atoms with E-state index in [9.17, 15) is 9.59 Å². The molecule has 0 fully saturated rings. The molecule has 10 nitrogen and oxygen atoms in total. The number of carbonyl (C=O) groups excluding carboxylic acids is 2. The highest BCUT2D eigenvalue weighted by atomic mass is 16.4. The van der Waals surface area contributed by atoms with Crippen molar-refractivity contribution in [1.82, 2.24) is 35.3 Å². The molecule has 0 atom stereocenters. The monoisotopic (exact) mass is 509 g/mol. The van der Waals surface area contributed by atoms with Gasteiger partial charge in [-0.2, -0.15) is 5.10 Å². The van der Waals surface area contributed by atoms with Gasteiger partial charge in [0.1, 0.15) is 0 Å². The van der Waals surface area contributed by atoms with Crippen LogP contribution in [0.1, 0.15) is 74.6 Å². The summed E-state index contributed by atoms with van der Waals surface area (Å²) in [4.78, 5) is 36.5. The second-order valence-electron chi connectivity index (χ2n) is 9.37. The molecular formula is C27H39N7O3. The van der Waals surface area contributed by atoms with Crippen molar-refractivity contribution >= 4 is 11.8 Å². The van der Waals surface area contributed by atoms with Crippen LogP contribution in [0.2, 0.25) is 0 Å². The molecule has 3 aromatic rings. The number of aromatic nitrogens is 4. The lowest BCUT2D eigenvalue weighted by Gasteiger charge is -2.15. The maximum Gasteiger partial charge on any atom is 0.289 e. The zero-order valence-corrected chi connectivity index (χ0v) is 22.7. The highest BCUT2D eigenvalue weighted by Gasteiger charge is 2.21. The summed E-state index contributed by atoms with van der Waals surface area (Å²) in [7, 11) is 3.95. The molecule has 200 valence electrons. The Morgan fingerprint density at radius 2 is 1.59 bits per heavy atom. The maximum atomic E-state index is 13.0. The number of hydrogen-bond acceptors (Lipinski definition) is 7. The average Bonchev–Trinajstić information content (AvgIpc) is 3.57. The summed E-state index contributed by atoms with van der Waals surface area (Å²) >= 11 is 0. The minimum Gasteiger partial charge on any atom is -0.431 e. The van der Waals surface area contributed by atoms with Crippen LogP contribution in [0.4, 0.5) is 0 Å². The molecule has 0 spiro atoms. The van der Waals surface area contributed by atoms with E-state index >= 15 is 0 Å². The Labute approximate surface area is 218 Å². The number of nitrogens with zero attached hydrogens (tertiary/aromatic N) is 5. The molecule has 1 aromatic carbocycles. The SMILES string of the molecule is CCC(CC)NC(=O)c1cnc(-c2cccc(-c3nc(C(=O)NC(CC)CC)n(CCN(C)C)n3)c2)o1. The molecule has 0 bridgehead atoms. The van der Waals surface area contributed by atoms with Crippen LogP contribution < -0.4 is 10.6 Å². The summed E-state index contributed by atoms with van der Waals surface area (Å²) in [5.41, 5.74) is 1.41. The van der Waals surface area contributed by atoms with E-state index in [1.807, 2.05) is 71.0 Å². The summed E-state index contributed by atoms with van der Waals surface area (Å²) in [5.74, 6) is 0.703. The van der Waals surface area contributed by atoms with Crippen molar-refractivity contribution < 1.29 is 14.0 Å². The number of benzene rings is 1. The predicted molar refractivity (Wildman–Crippen MR) is 143 cm³/mol. The van der Waals surface area contributed by atoms with Crippen LogP contribution in [0, 0.1) is 0 Å². The topological polar surface area (TPSA) is 118 Å². The third kappa shape index (κ3) is 7.25. The zero-order valence-electron chi connectivity index (χ0n) is 22.7. The number of rotatable bonds is 13. The van der Waals surface area contributed by atoms with Crippen LogP contribution in [0.25, 0.3) is 22.8 Å². The highest BCUT2D eigenvalue weighted by molar-refractivity contribution is 5.92. The van der Waals surface area contributed by atoms with E-state index in [0.717, 1.165) is 31.2 Å². The van der Waals surface area contributed by atoms with Gasteiger partial charge in [-0.1, -0.05) is 39.8 Å². The first-order valence-corrected chi connectivity index (χ1v) is 13.1. The Kier molecular flexibility index (Phi) is 9.96. The molecule has 0 aliphatic rings. The molecule has 2 N–H and O–H groups in total. The van der Waals surface area contributed by atoms with E-state index in [0.29, 0.717) is 30.4 Å². The van der Waals surface area contributed by atoms with Gasteiger partial charge in [-0.25, -0.2) is 14.6 Å². The molecular weight excluding hydrogens is 470 g/mol. The van der Waals surface area contributed by atoms with Crippen LogP contribution in [0.3, 0.4) is 0 Å². The Hall–Kier alpha value is -3.53. The molecule has 0 aliphatic carbocycles. The molecule has 2 amide bonds. The second-order valence-corrected chi connectivity index (χ2v) is 9.37. The van der Waals surface area contributed by atoms with Gasteiger partial charge in [0, 0.05) is 29.8 Å². The van der Waals surface area contributed by atoms with Gasteiger partial charge in [-0.15, -0.1) is 0 Å². The van der Waals surface area contributed by atoms with E-state index in [1.54, 1.807) is 4.68 Å². The van der Waals surface area contributed by atoms with Crippen LogP contribution in [0.5, 0.6) is 0 Å². The molecule has 0 radical (unpaired) electrons. The van der Waals surface area contributed by atoms with Crippen molar-refractivity contribution in [2.24, 2.45) is 0 Å². The number of carbonyl (C=O) groups is 2. The lowest BCUT2D eigenvalue weighted by Crippen LogP contribution is -2.36. The van der Waals surface area contributed by atoms with Gasteiger partial charge >= 0.3 is 0 Å². The third-order valence-electron chi connectivity index (χ3n) is 6.37. The van der Waals surface area contributed by atoms with Crippen LogP contribution in [-0.4, -0.2) is 69.2 Å². The Morgan fingerprint density at radius 3 is 2.22 bits per heavy atom. The minimum absolute atomic E-state index is 0.0830. The minimum atomic E-state index is -0.280. The van der Waals surface area contributed by atoms with Gasteiger partial charge in [0.05, 0.1) is 12.7 Å². The number of likely N-dealkylation sites (N-methyl/N-ethyl adjacent to an activating group) is 1. The van der Waals surface area contributed by atoms with E-state index in [4.69, 9.17) is 4.42 Å². The van der Waals surface area contributed by atoms with E-state index < -0.39 is 0 Å². The van der Waals surface area contributed by atoms with Gasteiger partial charge in [0.15, 0.2) is 5.82 Å². The fraction of sp³-hybridized carbons (Fsp3) is 0.519. The number of nitrogens with one attached hydrogen (secondary N) is 2. The quantitative estimate of drug-likeness (QED) is 0.357. The average molecular weight is 510 g/mol. The molecule has 0 aliphatic heterocycles. The first-order valence-electron chi connectivity index (χ1n) is 13.1. The summed E-state index contributed by atoms with van der Waals surface area (Å²) in [6.07, 6.45) is 4.82. The first kappa shape index (κ1) is 28.0. The molecule has 0 saturated heterocycles. The third-order valence-corrected chi connectivity index (χ3v) is 6.37. The summed E-state index contributed by atoms with van der Waals surface area (Å²) in [6, 6.07) is 7.60. The second kappa shape index (κ2) is 13.1. The number of oxazole rings is 1. The fourth-order valence-electron chi connectivity index (χ4n) is 3.88. The highest BCUT2D eigenvalue weighted by Crippen LogP contribution is 2.25. The molecule has 3 rings (SSSR count). The van der Waals surface area contributed by atoms with E-state index in [1.165, 1.54) is 6.20 Å². The smallest absolute Gasteiger partial charge is 0.289 e. The molecule has 37 heavy (non-hydrogen) atoms. The Bertz CT molecular complexity index is 1180. The van der Waals surface area contributed by atoms with Gasteiger partial charge in [0.2, 0.25) is 17.5 Å². The zero-order chi connectivity index (χ0) is 26.9. The molecule has 0 saturated carbocycles. The standard InChI is InChI=1S/C27H39N7O3/c1-7-20(8-2)29-25(35)22-17-28-27(37-22)19-13-11-12-18(16-19)23-31-24(26(36)30-21(9-3)10-4)34(32-23)15-14-33(5)6/h11-13,16-17,20-21H,7-10,14-15H2,1-6H3,(H,29,35)(H,30,36). The van der Waals surface area contributed by atoms with Crippen LogP contribution >= 0.6 is 0 Å². The summed E-state index contributed by atoms with van der Waals surface area (Å²) < 4.78 is 7.43. The molecule has 2 heterocycles. The predicted octanol–water partition coefficient (Wildman–Crippen LogP) is 4.00. The summed E-state index contributed by atoms with van der Waals surface area (Å²) in [6.45, 7) is 9.40. The Morgan fingerprint density at radius 1 is 0.973 bits per heavy atom. The maximum absolute atomic E-state index is 13.0. The van der Waals surface area contributed by atoms with Crippen molar-refractivity contribution in [3.05, 3.63) is 42.0 Å². The van der Waals surface area contributed by atoms with Gasteiger partial charge in [-0.3, -0.25) is 9.59 Å². The Balaban J connectivity index is 1.88.